The zero-order valence-electron chi connectivity index (χ0n) is 14.0. The molecule has 0 aromatic heterocycles. The molecule has 1 fully saturated rings. The van der Waals surface area contributed by atoms with E-state index in [-0.39, 0.29) is 17.7 Å². The monoisotopic (exact) mass is 315 g/mol. The summed E-state index contributed by atoms with van der Waals surface area (Å²) in [4.78, 5) is 28.0. The summed E-state index contributed by atoms with van der Waals surface area (Å²) in [6, 6.07) is 6.43. The molecule has 0 spiro atoms. The molecule has 124 valence electrons. The van der Waals surface area contributed by atoms with E-state index in [4.69, 9.17) is 0 Å². The van der Waals surface area contributed by atoms with Crippen LogP contribution in [0.3, 0.4) is 0 Å². The number of benzene rings is 1. The van der Waals surface area contributed by atoms with Gasteiger partial charge in [-0.2, -0.15) is 0 Å². The minimum absolute atomic E-state index is 0.0101. The molecule has 3 rings (SSSR count). The fraction of sp³-hybridized carbons (Fsp3) is 0.556. The first-order valence-electron chi connectivity index (χ1n) is 8.47. The topological polar surface area (TPSA) is 52.7 Å². The van der Waals surface area contributed by atoms with Crippen LogP contribution in [-0.4, -0.2) is 43.4 Å². The number of nitrogens with zero attached hydrogens (tertiary/aromatic N) is 2. The number of aryl methyl sites for hydroxylation is 1. The molecule has 1 unspecified atom stereocenters. The average Bonchev–Trinajstić information content (AvgIpc) is 2.94. The second kappa shape index (κ2) is 6.60. The number of carbonyl (C=O) groups is 2. The van der Waals surface area contributed by atoms with Crippen molar-refractivity contribution in [3.8, 4) is 0 Å². The molecule has 1 aromatic rings. The maximum absolute atomic E-state index is 12.3. The van der Waals surface area contributed by atoms with E-state index in [9.17, 15) is 9.59 Å². The first-order valence-corrected chi connectivity index (χ1v) is 8.47. The van der Waals surface area contributed by atoms with Gasteiger partial charge in [0.1, 0.15) is 0 Å². The van der Waals surface area contributed by atoms with E-state index in [1.165, 1.54) is 17.7 Å². The zero-order valence-corrected chi connectivity index (χ0v) is 14.0. The van der Waals surface area contributed by atoms with E-state index >= 15 is 0 Å². The summed E-state index contributed by atoms with van der Waals surface area (Å²) in [6.45, 7) is 4.82. The van der Waals surface area contributed by atoms with Crippen molar-refractivity contribution in [2.45, 2.75) is 32.7 Å². The van der Waals surface area contributed by atoms with Crippen molar-refractivity contribution in [3.05, 3.63) is 29.3 Å². The summed E-state index contributed by atoms with van der Waals surface area (Å²) in [6.07, 6.45) is 2.62. The van der Waals surface area contributed by atoms with Gasteiger partial charge < -0.3 is 15.1 Å². The number of fused-ring (bicyclic) bond motifs is 1. The Bertz CT molecular complexity index is 614. The maximum Gasteiger partial charge on any atom is 0.225 e. The van der Waals surface area contributed by atoms with Gasteiger partial charge in [-0.3, -0.25) is 9.59 Å². The molecule has 0 bridgehead atoms. The second-order valence-electron chi connectivity index (χ2n) is 6.54. The van der Waals surface area contributed by atoms with Crippen molar-refractivity contribution in [1.82, 2.24) is 10.2 Å². The molecule has 2 aliphatic rings. The smallest absolute Gasteiger partial charge is 0.225 e. The van der Waals surface area contributed by atoms with Crippen molar-refractivity contribution < 1.29 is 9.59 Å². The van der Waals surface area contributed by atoms with E-state index in [0.717, 1.165) is 18.5 Å². The van der Waals surface area contributed by atoms with Crippen LogP contribution in [0, 0.1) is 5.92 Å². The van der Waals surface area contributed by atoms with Gasteiger partial charge in [0.15, 0.2) is 0 Å². The van der Waals surface area contributed by atoms with E-state index in [1.54, 1.807) is 4.90 Å². The lowest BCUT2D eigenvalue weighted by atomic mass is 9.99. The second-order valence-corrected chi connectivity index (χ2v) is 6.54. The molecule has 2 aliphatic heterocycles. The molecule has 0 aliphatic carbocycles. The van der Waals surface area contributed by atoms with E-state index in [2.05, 4.69) is 35.5 Å². The Morgan fingerprint density at radius 2 is 2.22 bits per heavy atom. The lowest BCUT2D eigenvalue weighted by molar-refractivity contribution is -0.128. The number of hydrogen-bond donors (Lipinski definition) is 1. The van der Waals surface area contributed by atoms with Crippen LogP contribution in [0.4, 0.5) is 5.69 Å². The minimum Gasteiger partial charge on any atom is -0.374 e. The van der Waals surface area contributed by atoms with Gasteiger partial charge >= 0.3 is 0 Å². The van der Waals surface area contributed by atoms with Gasteiger partial charge in [0, 0.05) is 45.3 Å². The number of carbonyl (C=O) groups excluding carboxylic acids is 2. The summed E-state index contributed by atoms with van der Waals surface area (Å²) >= 11 is 0. The quantitative estimate of drug-likeness (QED) is 0.917. The average molecular weight is 315 g/mol. The van der Waals surface area contributed by atoms with E-state index in [0.29, 0.717) is 26.1 Å². The Balaban J connectivity index is 1.58. The number of rotatable bonds is 4. The summed E-state index contributed by atoms with van der Waals surface area (Å²) in [5.41, 5.74) is 3.79. The first-order chi connectivity index (χ1) is 11.1. The Morgan fingerprint density at radius 3 is 2.96 bits per heavy atom. The Hall–Kier alpha value is -2.04. The minimum atomic E-state index is -0.203. The predicted octanol–water partition coefficient (Wildman–Crippen LogP) is 1.55. The van der Waals surface area contributed by atoms with Crippen LogP contribution in [-0.2, 0) is 22.6 Å². The highest BCUT2D eigenvalue weighted by Gasteiger charge is 2.33. The number of amides is 2. The van der Waals surface area contributed by atoms with Crippen LogP contribution < -0.4 is 10.2 Å². The predicted molar refractivity (Wildman–Crippen MR) is 90.2 cm³/mol. The zero-order chi connectivity index (χ0) is 16.4. The maximum atomic E-state index is 12.3. The molecule has 5 heteroatoms. The van der Waals surface area contributed by atoms with Crippen molar-refractivity contribution in [1.29, 1.82) is 0 Å². The van der Waals surface area contributed by atoms with Gasteiger partial charge in [0.05, 0.1) is 5.92 Å². The SMILES string of the molecule is CCN1CC(C(=O)NCc2ccc3c(c2)CCCN3C)CC1=O. The van der Waals surface area contributed by atoms with Gasteiger partial charge in [-0.15, -0.1) is 0 Å². The standard InChI is InChI=1S/C18H25N3O2/c1-3-21-12-15(10-17(21)22)18(23)19-11-13-6-7-16-14(9-13)5-4-8-20(16)2/h6-7,9,15H,3-5,8,10-12H2,1-2H3,(H,19,23). The summed E-state index contributed by atoms with van der Waals surface area (Å²) in [5.74, 6) is -0.125. The first kappa shape index (κ1) is 15.8. The third-order valence-corrected chi connectivity index (χ3v) is 4.93. The molecular formula is C18H25N3O2. The van der Waals surface area contributed by atoms with Gasteiger partial charge in [-0.05, 0) is 37.0 Å². The highest BCUT2D eigenvalue weighted by atomic mass is 16.2. The molecule has 0 radical (unpaired) electrons. The summed E-state index contributed by atoms with van der Waals surface area (Å²) in [7, 11) is 2.12. The van der Waals surface area contributed by atoms with Crippen molar-refractivity contribution in [2.75, 3.05) is 31.6 Å². The Labute approximate surface area is 137 Å². The molecular weight excluding hydrogens is 290 g/mol. The Morgan fingerprint density at radius 1 is 1.39 bits per heavy atom. The molecule has 5 nitrogen and oxygen atoms in total. The van der Waals surface area contributed by atoms with Gasteiger partial charge in [-0.25, -0.2) is 0 Å². The van der Waals surface area contributed by atoms with Gasteiger partial charge in [0.25, 0.3) is 0 Å². The molecule has 1 atom stereocenters. The van der Waals surface area contributed by atoms with Crippen LogP contribution in [0.5, 0.6) is 0 Å². The molecule has 1 aromatic carbocycles. The van der Waals surface area contributed by atoms with E-state index in [1.807, 2.05) is 6.92 Å². The highest BCUT2D eigenvalue weighted by molar-refractivity contribution is 5.89. The van der Waals surface area contributed by atoms with Crippen molar-refractivity contribution in [3.63, 3.8) is 0 Å². The van der Waals surface area contributed by atoms with Gasteiger partial charge in [-0.1, -0.05) is 12.1 Å². The lowest BCUT2D eigenvalue weighted by Crippen LogP contribution is -2.32. The molecule has 1 N–H and O–H groups in total. The van der Waals surface area contributed by atoms with Crippen LogP contribution in [0.2, 0.25) is 0 Å². The molecule has 2 heterocycles. The normalized spacial score (nSPS) is 20.6. The fourth-order valence-corrected chi connectivity index (χ4v) is 3.54. The highest BCUT2D eigenvalue weighted by Crippen LogP contribution is 2.26. The largest absolute Gasteiger partial charge is 0.374 e. The third kappa shape index (κ3) is 3.33. The molecule has 23 heavy (non-hydrogen) atoms. The Kier molecular flexibility index (Phi) is 4.55. The lowest BCUT2D eigenvalue weighted by Gasteiger charge is -2.27. The van der Waals surface area contributed by atoms with E-state index < -0.39 is 0 Å². The summed E-state index contributed by atoms with van der Waals surface area (Å²) in [5, 5.41) is 2.99. The van der Waals surface area contributed by atoms with Crippen molar-refractivity contribution in [2.24, 2.45) is 5.92 Å². The van der Waals surface area contributed by atoms with Crippen LogP contribution in [0.25, 0.3) is 0 Å². The van der Waals surface area contributed by atoms with Crippen molar-refractivity contribution >= 4 is 17.5 Å². The van der Waals surface area contributed by atoms with Gasteiger partial charge in [0.2, 0.25) is 11.8 Å². The number of nitrogens with one attached hydrogen (secondary N) is 1. The number of likely N-dealkylation sites (tertiary alicyclic amines) is 1. The number of anilines is 1. The molecule has 1 saturated heterocycles. The fourth-order valence-electron chi connectivity index (χ4n) is 3.54. The number of hydrogen-bond acceptors (Lipinski definition) is 3. The van der Waals surface area contributed by atoms with Crippen LogP contribution in [0.1, 0.15) is 30.9 Å². The third-order valence-electron chi connectivity index (χ3n) is 4.93. The molecule has 0 saturated carbocycles. The molecule has 2 amide bonds. The van der Waals surface area contributed by atoms with Crippen LogP contribution in [0.15, 0.2) is 18.2 Å². The van der Waals surface area contributed by atoms with Crippen LogP contribution >= 0.6 is 0 Å². The summed E-state index contributed by atoms with van der Waals surface area (Å²) < 4.78 is 0.